The molecule has 0 spiro atoms. The molecule has 2 aromatic heterocycles. The van der Waals surface area contributed by atoms with E-state index in [2.05, 4.69) is 32.4 Å². The molecule has 0 aliphatic heterocycles. The first-order valence-electron chi connectivity index (χ1n) is 6.45. The molecule has 1 unspecified atom stereocenters. The second-order valence-electron chi connectivity index (χ2n) is 4.82. The van der Waals surface area contributed by atoms with Gasteiger partial charge in [0.25, 0.3) is 0 Å². The van der Waals surface area contributed by atoms with E-state index in [-0.39, 0.29) is 6.04 Å². The molecule has 0 bridgehead atoms. The highest BCUT2D eigenvalue weighted by molar-refractivity contribution is 7.09. The molecule has 0 aliphatic carbocycles. The fourth-order valence-corrected chi connectivity index (χ4v) is 2.55. The minimum atomic E-state index is 0.144. The molecule has 19 heavy (non-hydrogen) atoms. The smallest absolute Gasteiger partial charge is 0.225 e. The van der Waals surface area contributed by atoms with Crippen molar-refractivity contribution in [1.29, 1.82) is 0 Å². The van der Waals surface area contributed by atoms with E-state index >= 15 is 0 Å². The molecule has 1 atom stereocenters. The van der Waals surface area contributed by atoms with Crippen LogP contribution in [0.5, 0.6) is 0 Å². The average Bonchev–Trinajstić information content (AvgIpc) is 2.89. The molecule has 0 aromatic carbocycles. The number of aromatic nitrogens is 2. The summed E-state index contributed by atoms with van der Waals surface area (Å²) in [6.07, 6.45) is 5.58. The first kappa shape index (κ1) is 14.0. The molecular formula is C14H20N4S. The SMILES string of the molecule is CC(N)Cc1cnc(N(C)CCc2cccs2)nc1. The molecule has 2 heterocycles. The monoisotopic (exact) mass is 276 g/mol. The molecule has 4 nitrogen and oxygen atoms in total. The first-order chi connectivity index (χ1) is 9.15. The third-order valence-corrected chi connectivity index (χ3v) is 3.80. The Kier molecular flexibility index (Phi) is 4.87. The number of likely N-dealkylation sites (N-methyl/N-ethyl adjacent to an activating group) is 1. The molecule has 2 rings (SSSR count). The summed E-state index contributed by atoms with van der Waals surface area (Å²) < 4.78 is 0. The van der Waals surface area contributed by atoms with Gasteiger partial charge in [-0.05, 0) is 36.8 Å². The quantitative estimate of drug-likeness (QED) is 0.878. The largest absolute Gasteiger partial charge is 0.344 e. The highest BCUT2D eigenvalue weighted by Gasteiger charge is 2.06. The Morgan fingerprint density at radius 2 is 2.11 bits per heavy atom. The van der Waals surface area contributed by atoms with Crippen molar-refractivity contribution < 1.29 is 0 Å². The van der Waals surface area contributed by atoms with Crippen molar-refractivity contribution in [1.82, 2.24) is 9.97 Å². The van der Waals surface area contributed by atoms with Crippen LogP contribution in [0.3, 0.4) is 0 Å². The van der Waals surface area contributed by atoms with Crippen LogP contribution in [-0.2, 0) is 12.8 Å². The summed E-state index contributed by atoms with van der Waals surface area (Å²) >= 11 is 1.79. The fourth-order valence-electron chi connectivity index (χ4n) is 1.86. The number of nitrogens with two attached hydrogens (primary N) is 1. The summed E-state index contributed by atoms with van der Waals surface area (Å²) in [5, 5.41) is 2.11. The summed E-state index contributed by atoms with van der Waals surface area (Å²) in [5.74, 6) is 0.769. The van der Waals surface area contributed by atoms with Crippen molar-refractivity contribution in [3.05, 3.63) is 40.3 Å². The van der Waals surface area contributed by atoms with Gasteiger partial charge in [0.15, 0.2) is 0 Å². The molecule has 0 aliphatic rings. The van der Waals surface area contributed by atoms with Gasteiger partial charge >= 0.3 is 0 Å². The van der Waals surface area contributed by atoms with Crippen LogP contribution in [-0.4, -0.2) is 29.6 Å². The van der Waals surface area contributed by atoms with Crippen LogP contribution in [0.1, 0.15) is 17.4 Å². The van der Waals surface area contributed by atoms with Crippen LogP contribution in [0.25, 0.3) is 0 Å². The van der Waals surface area contributed by atoms with Gasteiger partial charge in [-0.1, -0.05) is 6.07 Å². The second-order valence-corrected chi connectivity index (χ2v) is 5.86. The average molecular weight is 276 g/mol. The Bertz CT molecular complexity index is 479. The Labute approximate surface area is 118 Å². The van der Waals surface area contributed by atoms with Crippen LogP contribution in [0.4, 0.5) is 5.95 Å². The third-order valence-electron chi connectivity index (χ3n) is 2.86. The number of nitrogens with zero attached hydrogens (tertiary/aromatic N) is 3. The lowest BCUT2D eigenvalue weighted by molar-refractivity contribution is 0.730. The normalized spacial score (nSPS) is 12.4. The number of hydrogen-bond donors (Lipinski definition) is 1. The zero-order chi connectivity index (χ0) is 13.7. The minimum Gasteiger partial charge on any atom is -0.344 e. The Hall–Kier alpha value is -1.46. The Morgan fingerprint density at radius 3 is 2.68 bits per heavy atom. The van der Waals surface area contributed by atoms with E-state index in [0.29, 0.717) is 0 Å². The van der Waals surface area contributed by atoms with Gasteiger partial charge in [0, 0.05) is 36.9 Å². The zero-order valence-electron chi connectivity index (χ0n) is 11.4. The van der Waals surface area contributed by atoms with Crippen LogP contribution in [0.15, 0.2) is 29.9 Å². The fraction of sp³-hybridized carbons (Fsp3) is 0.429. The lowest BCUT2D eigenvalue weighted by Crippen LogP contribution is -2.23. The van der Waals surface area contributed by atoms with E-state index in [0.717, 1.165) is 30.9 Å². The third kappa shape index (κ3) is 4.29. The number of hydrogen-bond acceptors (Lipinski definition) is 5. The van der Waals surface area contributed by atoms with Crippen molar-refractivity contribution in [3.8, 4) is 0 Å². The van der Waals surface area contributed by atoms with E-state index < -0.39 is 0 Å². The maximum absolute atomic E-state index is 5.76. The van der Waals surface area contributed by atoms with Crippen LogP contribution >= 0.6 is 11.3 Å². The van der Waals surface area contributed by atoms with Crippen molar-refractivity contribution >= 4 is 17.3 Å². The number of rotatable bonds is 6. The van der Waals surface area contributed by atoms with Crippen LogP contribution in [0, 0.1) is 0 Å². The molecule has 2 N–H and O–H groups in total. The van der Waals surface area contributed by atoms with Gasteiger partial charge in [0.05, 0.1) is 0 Å². The second kappa shape index (κ2) is 6.63. The standard InChI is InChI=1S/C14H20N4S/c1-11(15)8-12-9-16-14(17-10-12)18(2)6-5-13-4-3-7-19-13/h3-4,7,9-11H,5-6,8,15H2,1-2H3. The number of thiophene rings is 1. The predicted molar refractivity (Wildman–Crippen MR) is 80.7 cm³/mol. The van der Waals surface area contributed by atoms with Gasteiger partial charge in [-0.3, -0.25) is 0 Å². The topological polar surface area (TPSA) is 55.0 Å². The van der Waals surface area contributed by atoms with Crippen molar-refractivity contribution in [2.24, 2.45) is 5.73 Å². The summed E-state index contributed by atoms with van der Waals surface area (Å²) in [6, 6.07) is 4.38. The number of anilines is 1. The summed E-state index contributed by atoms with van der Waals surface area (Å²) in [6.45, 7) is 2.91. The van der Waals surface area contributed by atoms with Crippen molar-refractivity contribution in [3.63, 3.8) is 0 Å². The predicted octanol–water partition coefficient (Wildman–Crippen LogP) is 2.11. The van der Waals surface area contributed by atoms with Crippen LogP contribution < -0.4 is 10.6 Å². The van der Waals surface area contributed by atoms with Gasteiger partial charge in [0.2, 0.25) is 5.95 Å². The molecule has 5 heteroatoms. The van der Waals surface area contributed by atoms with Gasteiger partial charge in [-0.25, -0.2) is 9.97 Å². The molecule has 102 valence electrons. The highest BCUT2D eigenvalue weighted by Crippen LogP contribution is 2.11. The van der Waals surface area contributed by atoms with E-state index in [1.54, 1.807) is 11.3 Å². The molecule has 0 amide bonds. The highest BCUT2D eigenvalue weighted by atomic mass is 32.1. The van der Waals surface area contributed by atoms with Gasteiger partial charge < -0.3 is 10.6 Å². The van der Waals surface area contributed by atoms with E-state index in [1.807, 2.05) is 26.4 Å². The van der Waals surface area contributed by atoms with Crippen molar-refractivity contribution in [2.45, 2.75) is 25.8 Å². The van der Waals surface area contributed by atoms with Crippen LogP contribution in [0.2, 0.25) is 0 Å². The Balaban J connectivity index is 1.90. The van der Waals surface area contributed by atoms with E-state index in [4.69, 9.17) is 5.73 Å². The first-order valence-corrected chi connectivity index (χ1v) is 7.33. The molecular weight excluding hydrogens is 256 g/mol. The molecule has 0 radical (unpaired) electrons. The summed E-state index contributed by atoms with van der Waals surface area (Å²) in [5.41, 5.74) is 6.85. The molecule has 0 saturated carbocycles. The maximum atomic E-state index is 5.76. The minimum absolute atomic E-state index is 0.144. The zero-order valence-corrected chi connectivity index (χ0v) is 12.2. The van der Waals surface area contributed by atoms with Crippen molar-refractivity contribution in [2.75, 3.05) is 18.5 Å². The molecule has 2 aromatic rings. The molecule has 0 saturated heterocycles. The lowest BCUT2D eigenvalue weighted by Gasteiger charge is -2.16. The summed E-state index contributed by atoms with van der Waals surface area (Å²) in [7, 11) is 2.02. The summed E-state index contributed by atoms with van der Waals surface area (Å²) in [4.78, 5) is 12.3. The van der Waals surface area contributed by atoms with Gasteiger partial charge in [-0.2, -0.15) is 0 Å². The lowest BCUT2D eigenvalue weighted by atomic mass is 10.1. The van der Waals surface area contributed by atoms with E-state index in [9.17, 15) is 0 Å². The maximum Gasteiger partial charge on any atom is 0.225 e. The van der Waals surface area contributed by atoms with Gasteiger partial charge in [0.1, 0.15) is 0 Å². The molecule has 0 fully saturated rings. The van der Waals surface area contributed by atoms with Gasteiger partial charge in [-0.15, -0.1) is 11.3 Å². The Morgan fingerprint density at radius 1 is 1.37 bits per heavy atom. The van der Waals surface area contributed by atoms with E-state index in [1.165, 1.54) is 4.88 Å².